The Bertz CT molecular complexity index is 1050. The molecule has 0 spiro atoms. The SMILES string of the molecule is COc1ccc(/C=C/C(=O)Nc2cc(S(=O)(=O)NC3CC3)ccc2OC)cc1F. The van der Waals surface area contributed by atoms with Crippen molar-refractivity contribution in [3.8, 4) is 11.5 Å². The fourth-order valence-corrected chi connectivity index (χ4v) is 3.90. The van der Waals surface area contributed by atoms with E-state index in [2.05, 4.69) is 10.0 Å². The maximum Gasteiger partial charge on any atom is 0.248 e. The molecule has 1 aliphatic rings. The highest BCUT2D eigenvalue weighted by atomic mass is 32.2. The molecule has 1 fully saturated rings. The number of ether oxygens (including phenoxy) is 2. The zero-order valence-corrected chi connectivity index (χ0v) is 16.8. The molecule has 0 saturated heterocycles. The Morgan fingerprint density at radius 2 is 1.79 bits per heavy atom. The van der Waals surface area contributed by atoms with Crippen LogP contribution in [-0.4, -0.2) is 34.6 Å². The van der Waals surface area contributed by atoms with Crippen molar-refractivity contribution >= 4 is 27.7 Å². The molecule has 1 aliphatic carbocycles. The summed E-state index contributed by atoms with van der Waals surface area (Å²) in [6, 6.07) is 8.48. The zero-order chi connectivity index (χ0) is 21.0. The Morgan fingerprint density at radius 3 is 2.41 bits per heavy atom. The lowest BCUT2D eigenvalue weighted by molar-refractivity contribution is -0.111. The lowest BCUT2D eigenvalue weighted by Gasteiger charge is -2.12. The van der Waals surface area contributed by atoms with Gasteiger partial charge in [-0.05, 0) is 54.8 Å². The average molecular weight is 420 g/mol. The highest BCUT2D eigenvalue weighted by Crippen LogP contribution is 2.29. The van der Waals surface area contributed by atoms with Gasteiger partial charge in [-0.15, -0.1) is 0 Å². The molecule has 9 heteroatoms. The molecule has 0 aliphatic heterocycles. The molecule has 154 valence electrons. The normalized spacial score (nSPS) is 14.0. The van der Waals surface area contributed by atoms with Crippen LogP contribution >= 0.6 is 0 Å². The van der Waals surface area contributed by atoms with E-state index in [0.717, 1.165) is 12.8 Å². The molecule has 0 aromatic heterocycles. The van der Waals surface area contributed by atoms with Gasteiger partial charge in [0.05, 0.1) is 24.8 Å². The second-order valence-corrected chi connectivity index (χ2v) is 8.19. The summed E-state index contributed by atoms with van der Waals surface area (Å²) in [5.74, 6) is -0.649. The number of halogens is 1. The average Bonchev–Trinajstić information content (AvgIpc) is 3.49. The van der Waals surface area contributed by atoms with Gasteiger partial charge in [-0.2, -0.15) is 0 Å². The van der Waals surface area contributed by atoms with Crippen LogP contribution in [0, 0.1) is 5.82 Å². The number of hydrogen-bond acceptors (Lipinski definition) is 5. The van der Waals surface area contributed by atoms with Crippen molar-refractivity contribution in [2.24, 2.45) is 0 Å². The molecular weight excluding hydrogens is 399 g/mol. The molecule has 7 nitrogen and oxygen atoms in total. The summed E-state index contributed by atoms with van der Waals surface area (Å²) in [7, 11) is -0.897. The van der Waals surface area contributed by atoms with E-state index in [1.807, 2.05) is 0 Å². The number of sulfonamides is 1. The van der Waals surface area contributed by atoms with Crippen molar-refractivity contribution in [2.45, 2.75) is 23.8 Å². The Kier molecular flexibility index (Phi) is 6.19. The first kappa shape index (κ1) is 20.8. The van der Waals surface area contributed by atoms with Gasteiger partial charge in [-0.3, -0.25) is 4.79 Å². The van der Waals surface area contributed by atoms with Gasteiger partial charge in [0.15, 0.2) is 11.6 Å². The Hall–Kier alpha value is -2.91. The maximum atomic E-state index is 13.7. The van der Waals surface area contributed by atoms with Crippen molar-refractivity contribution in [3.63, 3.8) is 0 Å². The molecule has 0 radical (unpaired) electrons. The van der Waals surface area contributed by atoms with Crippen LogP contribution < -0.4 is 19.5 Å². The van der Waals surface area contributed by atoms with Gasteiger partial charge in [0.1, 0.15) is 5.75 Å². The van der Waals surface area contributed by atoms with E-state index in [4.69, 9.17) is 9.47 Å². The molecule has 0 atom stereocenters. The third-order valence-corrected chi connectivity index (χ3v) is 5.76. The van der Waals surface area contributed by atoms with Gasteiger partial charge in [0, 0.05) is 12.1 Å². The van der Waals surface area contributed by atoms with Crippen molar-refractivity contribution in [2.75, 3.05) is 19.5 Å². The predicted molar refractivity (Wildman–Crippen MR) is 107 cm³/mol. The van der Waals surface area contributed by atoms with Gasteiger partial charge in [0.25, 0.3) is 0 Å². The fraction of sp³-hybridized carbons (Fsp3) is 0.250. The van der Waals surface area contributed by atoms with Crippen LogP contribution in [0.25, 0.3) is 6.08 Å². The smallest absolute Gasteiger partial charge is 0.248 e. The van der Waals surface area contributed by atoms with Gasteiger partial charge in [-0.25, -0.2) is 17.5 Å². The number of rotatable bonds is 8. The number of methoxy groups -OCH3 is 2. The van der Waals surface area contributed by atoms with E-state index in [1.54, 1.807) is 6.07 Å². The third kappa shape index (κ3) is 5.33. The predicted octanol–water partition coefficient (Wildman–Crippen LogP) is 2.94. The van der Waals surface area contributed by atoms with Crippen LogP contribution in [0.5, 0.6) is 11.5 Å². The summed E-state index contributed by atoms with van der Waals surface area (Å²) in [6.45, 7) is 0. The second kappa shape index (κ2) is 8.62. The highest BCUT2D eigenvalue weighted by molar-refractivity contribution is 7.89. The molecule has 29 heavy (non-hydrogen) atoms. The molecular formula is C20H21FN2O5S. The van der Waals surface area contributed by atoms with Gasteiger partial charge < -0.3 is 14.8 Å². The van der Waals surface area contributed by atoms with Gasteiger partial charge >= 0.3 is 0 Å². The van der Waals surface area contributed by atoms with E-state index >= 15 is 0 Å². The summed E-state index contributed by atoms with van der Waals surface area (Å²) in [5.41, 5.74) is 0.678. The van der Waals surface area contributed by atoms with Gasteiger partial charge in [0.2, 0.25) is 15.9 Å². The molecule has 0 unspecified atom stereocenters. The largest absolute Gasteiger partial charge is 0.495 e. The van der Waals surface area contributed by atoms with Crippen molar-refractivity contribution in [1.82, 2.24) is 4.72 Å². The molecule has 0 bridgehead atoms. The zero-order valence-electron chi connectivity index (χ0n) is 15.9. The van der Waals surface area contributed by atoms with E-state index in [1.165, 1.54) is 56.7 Å². The summed E-state index contributed by atoms with van der Waals surface area (Å²) in [6.07, 6.45) is 4.27. The van der Waals surface area contributed by atoms with E-state index < -0.39 is 21.7 Å². The lowest BCUT2D eigenvalue weighted by Crippen LogP contribution is -2.25. The minimum atomic E-state index is -3.68. The standard InChI is InChI=1S/C20H21FN2O5S/c1-27-18-8-3-13(11-16(18)21)4-10-20(24)22-17-12-15(7-9-19(17)28-2)29(25,26)23-14-5-6-14/h3-4,7-12,14,23H,5-6H2,1-2H3,(H,22,24)/b10-4+. The summed E-state index contributed by atoms with van der Waals surface area (Å²) < 4.78 is 51.1. The van der Waals surface area contributed by atoms with Crippen LogP contribution in [0.15, 0.2) is 47.4 Å². The van der Waals surface area contributed by atoms with Crippen LogP contribution in [0.1, 0.15) is 18.4 Å². The molecule has 3 rings (SSSR count). The second-order valence-electron chi connectivity index (χ2n) is 6.47. The van der Waals surface area contributed by atoms with Crippen LogP contribution in [0.4, 0.5) is 10.1 Å². The van der Waals surface area contributed by atoms with Crippen molar-refractivity contribution < 1.29 is 27.1 Å². The van der Waals surface area contributed by atoms with Crippen molar-refractivity contribution in [1.29, 1.82) is 0 Å². The van der Waals surface area contributed by atoms with E-state index in [9.17, 15) is 17.6 Å². The minimum Gasteiger partial charge on any atom is -0.495 e. The number of carbonyl (C=O) groups is 1. The number of nitrogens with one attached hydrogen (secondary N) is 2. The number of hydrogen-bond donors (Lipinski definition) is 2. The van der Waals surface area contributed by atoms with Gasteiger partial charge in [-0.1, -0.05) is 6.07 Å². The summed E-state index contributed by atoms with van der Waals surface area (Å²) >= 11 is 0. The highest BCUT2D eigenvalue weighted by Gasteiger charge is 2.28. The Balaban J connectivity index is 1.76. The number of amides is 1. The third-order valence-electron chi connectivity index (χ3n) is 4.24. The molecule has 0 heterocycles. The number of benzene rings is 2. The van der Waals surface area contributed by atoms with Crippen LogP contribution in [-0.2, 0) is 14.8 Å². The monoisotopic (exact) mass is 420 g/mol. The lowest BCUT2D eigenvalue weighted by atomic mass is 10.2. The molecule has 1 saturated carbocycles. The summed E-state index contributed by atoms with van der Waals surface area (Å²) in [4.78, 5) is 12.3. The Morgan fingerprint density at radius 1 is 1.10 bits per heavy atom. The van der Waals surface area contributed by atoms with Crippen molar-refractivity contribution in [3.05, 3.63) is 53.9 Å². The first-order valence-corrected chi connectivity index (χ1v) is 10.3. The Labute approximate surface area is 168 Å². The topological polar surface area (TPSA) is 93.7 Å². The van der Waals surface area contributed by atoms with Crippen LogP contribution in [0.3, 0.4) is 0 Å². The number of carbonyl (C=O) groups excluding carboxylic acids is 1. The molecule has 2 aromatic carbocycles. The van der Waals surface area contributed by atoms with E-state index in [0.29, 0.717) is 11.3 Å². The molecule has 2 aromatic rings. The first-order chi connectivity index (χ1) is 13.8. The molecule has 2 N–H and O–H groups in total. The van der Waals surface area contributed by atoms with Crippen LogP contribution in [0.2, 0.25) is 0 Å². The number of anilines is 1. The fourth-order valence-electron chi connectivity index (χ4n) is 2.57. The maximum absolute atomic E-state index is 13.7. The first-order valence-electron chi connectivity index (χ1n) is 8.85. The van der Waals surface area contributed by atoms with E-state index in [-0.39, 0.29) is 22.4 Å². The minimum absolute atomic E-state index is 0.0294. The summed E-state index contributed by atoms with van der Waals surface area (Å²) in [5, 5.41) is 2.59. The quantitative estimate of drug-likeness (QED) is 0.641. The molecule has 1 amide bonds.